The molecule has 1 aromatic carbocycles. The highest BCUT2D eigenvalue weighted by molar-refractivity contribution is 5.92. The summed E-state index contributed by atoms with van der Waals surface area (Å²) < 4.78 is 0. The van der Waals surface area contributed by atoms with Crippen molar-refractivity contribution in [2.24, 2.45) is 5.73 Å². The van der Waals surface area contributed by atoms with Crippen molar-refractivity contribution < 1.29 is 0 Å². The zero-order chi connectivity index (χ0) is 10.1. The van der Waals surface area contributed by atoms with Crippen LogP contribution in [-0.4, -0.2) is 19.6 Å². The topological polar surface area (TPSA) is 65.1 Å². The van der Waals surface area contributed by atoms with Crippen molar-refractivity contribution in [2.45, 2.75) is 6.42 Å². The Labute approximate surface area is 83.2 Å². The van der Waals surface area contributed by atoms with Crippen LogP contribution in [0.15, 0.2) is 18.2 Å². The second-order valence-corrected chi connectivity index (χ2v) is 3.46. The SMILES string of the molecule is CN(C(=N)N)c1ccc2c(c1)CCN2. The van der Waals surface area contributed by atoms with Gasteiger partial charge in [-0.2, -0.15) is 0 Å². The summed E-state index contributed by atoms with van der Waals surface area (Å²) in [4.78, 5) is 1.67. The molecule has 0 amide bonds. The van der Waals surface area contributed by atoms with Crippen molar-refractivity contribution in [3.05, 3.63) is 23.8 Å². The van der Waals surface area contributed by atoms with Gasteiger partial charge in [0.2, 0.25) is 0 Å². The predicted molar refractivity (Wildman–Crippen MR) is 59.0 cm³/mol. The summed E-state index contributed by atoms with van der Waals surface area (Å²) >= 11 is 0. The summed E-state index contributed by atoms with van der Waals surface area (Å²) in [7, 11) is 1.80. The maximum Gasteiger partial charge on any atom is 0.192 e. The van der Waals surface area contributed by atoms with E-state index in [-0.39, 0.29) is 5.96 Å². The number of hydrogen-bond acceptors (Lipinski definition) is 2. The molecule has 4 N–H and O–H groups in total. The molecule has 0 spiro atoms. The number of hydrogen-bond donors (Lipinski definition) is 3. The Morgan fingerprint density at radius 1 is 1.57 bits per heavy atom. The first-order valence-electron chi connectivity index (χ1n) is 4.63. The number of nitrogens with one attached hydrogen (secondary N) is 2. The molecule has 4 heteroatoms. The van der Waals surface area contributed by atoms with E-state index in [1.165, 1.54) is 11.3 Å². The molecule has 0 unspecified atom stereocenters. The molecule has 1 aliphatic rings. The Morgan fingerprint density at radius 2 is 2.36 bits per heavy atom. The van der Waals surface area contributed by atoms with E-state index in [2.05, 4.69) is 11.4 Å². The van der Waals surface area contributed by atoms with Crippen LogP contribution in [-0.2, 0) is 6.42 Å². The maximum atomic E-state index is 7.32. The molecule has 0 fully saturated rings. The van der Waals surface area contributed by atoms with Crippen LogP contribution in [0.4, 0.5) is 11.4 Å². The number of nitrogens with zero attached hydrogens (tertiary/aromatic N) is 1. The van der Waals surface area contributed by atoms with Gasteiger partial charge in [-0.05, 0) is 30.2 Å². The summed E-state index contributed by atoms with van der Waals surface area (Å²) in [6.07, 6.45) is 1.05. The van der Waals surface area contributed by atoms with Crippen molar-refractivity contribution in [2.75, 3.05) is 23.8 Å². The van der Waals surface area contributed by atoms with Crippen molar-refractivity contribution >= 4 is 17.3 Å². The lowest BCUT2D eigenvalue weighted by Gasteiger charge is -2.17. The zero-order valence-electron chi connectivity index (χ0n) is 8.17. The molecule has 0 aliphatic carbocycles. The summed E-state index contributed by atoms with van der Waals surface area (Å²) in [5, 5.41) is 10.6. The molecule has 1 heterocycles. The lowest BCUT2D eigenvalue weighted by atomic mass is 10.1. The Kier molecular flexibility index (Phi) is 2.04. The van der Waals surface area contributed by atoms with Crippen molar-refractivity contribution in [3.63, 3.8) is 0 Å². The Bertz CT molecular complexity index is 372. The highest BCUT2D eigenvalue weighted by Crippen LogP contribution is 2.26. The van der Waals surface area contributed by atoms with Crippen LogP contribution in [0.2, 0.25) is 0 Å². The van der Waals surface area contributed by atoms with Gasteiger partial charge in [0.1, 0.15) is 0 Å². The van der Waals surface area contributed by atoms with Crippen molar-refractivity contribution in [1.82, 2.24) is 0 Å². The molecule has 0 atom stereocenters. The highest BCUT2D eigenvalue weighted by Gasteiger charge is 2.12. The van der Waals surface area contributed by atoms with Gasteiger partial charge >= 0.3 is 0 Å². The molecule has 0 saturated heterocycles. The van der Waals surface area contributed by atoms with E-state index >= 15 is 0 Å². The maximum absolute atomic E-state index is 7.32. The molecule has 14 heavy (non-hydrogen) atoms. The van der Waals surface area contributed by atoms with E-state index < -0.39 is 0 Å². The first-order chi connectivity index (χ1) is 6.68. The number of nitrogens with two attached hydrogens (primary N) is 1. The predicted octanol–water partition coefficient (Wildman–Crippen LogP) is 0.984. The molecule has 1 aliphatic heterocycles. The lowest BCUT2D eigenvalue weighted by molar-refractivity contribution is 1.10. The van der Waals surface area contributed by atoms with Gasteiger partial charge in [0.05, 0.1) is 0 Å². The van der Waals surface area contributed by atoms with Gasteiger partial charge in [-0.1, -0.05) is 0 Å². The van der Waals surface area contributed by atoms with Gasteiger partial charge in [0, 0.05) is 25.0 Å². The number of rotatable bonds is 1. The minimum atomic E-state index is 0.0657. The lowest BCUT2D eigenvalue weighted by Crippen LogP contribution is -2.32. The van der Waals surface area contributed by atoms with E-state index in [1.54, 1.807) is 11.9 Å². The number of anilines is 2. The van der Waals surface area contributed by atoms with Crippen molar-refractivity contribution in [1.29, 1.82) is 5.41 Å². The molecule has 0 aromatic heterocycles. The molecule has 0 bridgehead atoms. The van der Waals surface area contributed by atoms with E-state index in [4.69, 9.17) is 11.1 Å². The summed E-state index contributed by atoms with van der Waals surface area (Å²) in [5.41, 5.74) is 8.88. The molecular formula is C10H14N4. The molecule has 4 nitrogen and oxygen atoms in total. The van der Waals surface area contributed by atoms with Gasteiger partial charge < -0.3 is 16.0 Å². The normalized spacial score (nSPS) is 13.2. The third kappa shape index (κ3) is 1.39. The van der Waals surface area contributed by atoms with Crippen LogP contribution in [0.3, 0.4) is 0 Å². The monoisotopic (exact) mass is 190 g/mol. The van der Waals surface area contributed by atoms with Crippen LogP contribution in [0.1, 0.15) is 5.56 Å². The fraction of sp³-hybridized carbons (Fsp3) is 0.300. The molecule has 1 aromatic rings. The smallest absolute Gasteiger partial charge is 0.192 e. The summed E-state index contributed by atoms with van der Waals surface area (Å²) in [6.45, 7) is 1.00. The van der Waals surface area contributed by atoms with E-state index in [0.29, 0.717) is 0 Å². The van der Waals surface area contributed by atoms with Gasteiger partial charge in [0.25, 0.3) is 0 Å². The molecule has 2 rings (SSSR count). The van der Waals surface area contributed by atoms with Crippen LogP contribution in [0.25, 0.3) is 0 Å². The van der Waals surface area contributed by atoms with E-state index in [9.17, 15) is 0 Å². The molecule has 0 saturated carbocycles. The number of benzene rings is 1. The summed E-state index contributed by atoms with van der Waals surface area (Å²) in [6, 6.07) is 6.09. The fourth-order valence-corrected chi connectivity index (χ4v) is 1.64. The first-order valence-corrected chi connectivity index (χ1v) is 4.63. The van der Waals surface area contributed by atoms with Gasteiger partial charge in [-0.25, -0.2) is 0 Å². The minimum absolute atomic E-state index is 0.0657. The zero-order valence-corrected chi connectivity index (χ0v) is 8.17. The molecular weight excluding hydrogens is 176 g/mol. The standard InChI is InChI=1S/C10H14N4/c1-14(10(11)12)8-2-3-9-7(6-8)4-5-13-9/h2-3,6,13H,4-5H2,1H3,(H3,11,12). The Balaban J connectivity index is 2.33. The van der Waals surface area contributed by atoms with Crippen LogP contribution >= 0.6 is 0 Å². The molecule has 0 radical (unpaired) electrons. The average molecular weight is 190 g/mol. The van der Waals surface area contributed by atoms with Crippen LogP contribution in [0.5, 0.6) is 0 Å². The third-order valence-corrected chi connectivity index (χ3v) is 2.55. The van der Waals surface area contributed by atoms with Gasteiger partial charge in [-0.15, -0.1) is 0 Å². The number of fused-ring (bicyclic) bond motifs is 1. The van der Waals surface area contributed by atoms with E-state index in [0.717, 1.165) is 18.7 Å². The largest absolute Gasteiger partial charge is 0.384 e. The first kappa shape index (κ1) is 8.87. The van der Waals surface area contributed by atoms with Crippen LogP contribution in [0, 0.1) is 5.41 Å². The number of guanidine groups is 1. The van der Waals surface area contributed by atoms with E-state index in [1.807, 2.05) is 12.1 Å². The summed E-state index contributed by atoms with van der Waals surface area (Å²) in [5.74, 6) is 0.0657. The second kappa shape index (κ2) is 3.21. The highest BCUT2D eigenvalue weighted by atomic mass is 15.2. The molecule has 74 valence electrons. The fourth-order valence-electron chi connectivity index (χ4n) is 1.64. The van der Waals surface area contributed by atoms with Crippen molar-refractivity contribution in [3.8, 4) is 0 Å². The van der Waals surface area contributed by atoms with Gasteiger partial charge in [-0.3, -0.25) is 5.41 Å². The minimum Gasteiger partial charge on any atom is -0.384 e. The van der Waals surface area contributed by atoms with Crippen LogP contribution < -0.4 is 16.0 Å². The third-order valence-electron chi connectivity index (χ3n) is 2.55. The second-order valence-electron chi connectivity index (χ2n) is 3.46. The Hall–Kier alpha value is -1.71. The van der Waals surface area contributed by atoms with Gasteiger partial charge in [0.15, 0.2) is 5.96 Å². The average Bonchev–Trinajstić information content (AvgIpc) is 2.62. The quantitative estimate of drug-likeness (QED) is 0.457. The Morgan fingerprint density at radius 3 is 3.07 bits per heavy atom.